The fourth-order valence-corrected chi connectivity index (χ4v) is 5.06. The van der Waals surface area contributed by atoms with Crippen molar-refractivity contribution >= 4 is 35.2 Å². The Morgan fingerprint density at radius 3 is 2.40 bits per heavy atom. The van der Waals surface area contributed by atoms with Crippen molar-refractivity contribution in [3.05, 3.63) is 53.7 Å². The lowest BCUT2D eigenvalue weighted by molar-refractivity contribution is -0.115. The second-order valence-corrected chi connectivity index (χ2v) is 9.72. The summed E-state index contributed by atoms with van der Waals surface area (Å²) in [6.07, 6.45) is 3.36. The summed E-state index contributed by atoms with van der Waals surface area (Å²) in [5, 5.41) is 20.5. The van der Waals surface area contributed by atoms with Gasteiger partial charge in [-0.25, -0.2) is 14.8 Å². The third-order valence-electron chi connectivity index (χ3n) is 7.06. The molecule has 2 heterocycles. The molecule has 2 aliphatic rings. The van der Waals surface area contributed by atoms with Gasteiger partial charge >= 0.3 is 6.09 Å². The Morgan fingerprint density at radius 1 is 0.975 bits per heavy atom. The zero-order chi connectivity index (χ0) is 28.2. The van der Waals surface area contributed by atoms with Crippen LogP contribution in [0.2, 0.25) is 0 Å². The van der Waals surface area contributed by atoms with Crippen molar-refractivity contribution in [2.24, 2.45) is 0 Å². The number of nitrogens with one attached hydrogen (secondary N) is 4. The van der Waals surface area contributed by atoms with Crippen LogP contribution >= 0.6 is 0 Å². The second-order valence-electron chi connectivity index (χ2n) is 9.72. The summed E-state index contributed by atoms with van der Waals surface area (Å²) in [7, 11) is 3.12. The van der Waals surface area contributed by atoms with Crippen molar-refractivity contribution in [2.75, 3.05) is 24.9 Å². The Morgan fingerprint density at radius 2 is 1.70 bits per heavy atom. The van der Waals surface area contributed by atoms with E-state index in [9.17, 15) is 14.4 Å². The molecule has 1 saturated carbocycles. The largest absolute Gasteiger partial charge is 0.493 e. The molecular formula is C28H30N6O6. The number of anilines is 3. The summed E-state index contributed by atoms with van der Waals surface area (Å²) in [6.45, 7) is 0. The minimum atomic E-state index is -1.03. The lowest BCUT2D eigenvalue weighted by Crippen LogP contribution is -2.43. The average molecular weight is 547 g/mol. The molecule has 5 N–H and O–H groups in total. The Labute approximate surface area is 230 Å². The quantitative estimate of drug-likeness (QED) is 0.297. The number of methoxy groups -OCH3 is 2. The second kappa shape index (κ2) is 11.5. The summed E-state index contributed by atoms with van der Waals surface area (Å²) in [6, 6.07) is 10.3. The molecule has 0 saturated heterocycles. The maximum absolute atomic E-state index is 13.0. The fraction of sp³-hybridized carbons (Fsp3) is 0.321. The van der Waals surface area contributed by atoms with E-state index in [0.29, 0.717) is 76.9 Å². The number of aromatic nitrogens is 2. The van der Waals surface area contributed by atoms with Gasteiger partial charge in [0, 0.05) is 46.7 Å². The Hall–Kier alpha value is -4.87. The first kappa shape index (κ1) is 26.7. The highest BCUT2D eigenvalue weighted by atomic mass is 16.5. The van der Waals surface area contributed by atoms with Gasteiger partial charge in [0.25, 0.3) is 5.91 Å². The number of hydrogen-bond donors (Lipinski definition) is 5. The number of carboxylic acid groups (broad SMARTS) is 1. The molecule has 3 aromatic rings. The zero-order valence-corrected chi connectivity index (χ0v) is 22.1. The van der Waals surface area contributed by atoms with Gasteiger partial charge in [-0.15, -0.1) is 0 Å². The van der Waals surface area contributed by atoms with Crippen molar-refractivity contribution < 1.29 is 29.0 Å². The smallest absolute Gasteiger partial charge is 0.404 e. The summed E-state index contributed by atoms with van der Waals surface area (Å²) in [4.78, 5) is 45.7. The van der Waals surface area contributed by atoms with Gasteiger partial charge in [-0.2, -0.15) is 0 Å². The van der Waals surface area contributed by atoms with Crippen molar-refractivity contribution in [3.8, 4) is 22.8 Å². The Kier molecular flexibility index (Phi) is 7.67. The molecule has 208 valence electrons. The van der Waals surface area contributed by atoms with Crippen LogP contribution in [-0.2, 0) is 11.2 Å². The molecule has 0 radical (unpaired) electrons. The molecule has 12 nitrogen and oxygen atoms in total. The van der Waals surface area contributed by atoms with Crippen LogP contribution in [0.5, 0.6) is 11.5 Å². The summed E-state index contributed by atoms with van der Waals surface area (Å²) in [5.74, 6) is 0.997. The first-order chi connectivity index (χ1) is 19.3. The molecular weight excluding hydrogens is 516 g/mol. The predicted molar refractivity (Wildman–Crippen MR) is 147 cm³/mol. The van der Waals surface area contributed by atoms with Crippen molar-refractivity contribution in [2.45, 2.75) is 44.2 Å². The predicted octanol–water partition coefficient (Wildman–Crippen LogP) is 3.71. The monoisotopic (exact) mass is 546 g/mol. The Balaban J connectivity index is 1.35. The van der Waals surface area contributed by atoms with E-state index >= 15 is 0 Å². The van der Waals surface area contributed by atoms with E-state index in [1.807, 2.05) is 6.07 Å². The SMILES string of the molecule is COc1ccc(Nc2ncc3c(n2)-c2ccc(C(=O)N[C@H]4CC[C@H](NC(=O)O)CC4)cc2NC(=O)C3)cc1OC. The van der Waals surface area contributed by atoms with Gasteiger partial charge in [0.2, 0.25) is 11.9 Å². The molecule has 40 heavy (non-hydrogen) atoms. The highest BCUT2D eigenvalue weighted by Crippen LogP contribution is 2.35. The molecule has 0 atom stereocenters. The number of carbonyl (C=O) groups is 3. The summed E-state index contributed by atoms with van der Waals surface area (Å²) >= 11 is 0. The standard InChI is InChI=1S/C28H30N6O6/c1-39-22-10-8-19(13-23(22)40-2)31-27-29-14-16-12-24(35)33-21-11-15(3-9-20(21)25(16)34-27)26(36)30-17-4-6-18(7-5-17)32-28(37)38/h3,8-11,13-14,17-18,32H,4-7,12H2,1-2H3,(H,30,36)(H,33,35)(H,37,38)(H,29,31,34)/t17-,18-. The molecule has 5 rings (SSSR count). The summed E-state index contributed by atoms with van der Waals surface area (Å²) < 4.78 is 10.7. The number of ether oxygens (including phenoxy) is 2. The van der Waals surface area contributed by atoms with E-state index in [-0.39, 0.29) is 30.3 Å². The molecule has 1 aliphatic carbocycles. The van der Waals surface area contributed by atoms with E-state index in [4.69, 9.17) is 19.6 Å². The number of hydrogen-bond acceptors (Lipinski definition) is 8. The van der Waals surface area contributed by atoms with E-state index in [1.54, 1.807) is 50.7 Å². The van der Waals surface area contributed by atoms with Crippen LogP contribution in [-0.4, -0.2) is 59.3 Å². The molecule has 1 aliphatic heterocycles. The number of rotatable bonds is 7. The summed E-state index contributed by atoms with van der Waals surface area (Å²) in [5.41, 5.74) is 3.52. The maximum Gasteiger partial charge on any atom is 0.404 e. The van der Waals surface area contributed by atoms with E-state index in [1.165, 1.54) is 0 Å². The molecule has 3 amide bonds. The number of fused-ring (bicyclic) bond motifs is 3. The highest BCUT2D eigenvalue weighted by molar-refractivity contribution is 6.03. The third-order valence-corrected chi connectivity index (χ3v) is 7.06. The van der Waals surface area contributed by atoms with Crippen LogP contribution in [0.4, 0.5) is 22.1 Å². The minimum absolute atomic E-state index is 0.0496. The van der Waals surface area contributed by atoms with Crippen molar-refractivity contribution in [1.82, 2.24) is 20.6 Å². The number of nitrogens with zero attached hydrogens (tertiary/aromatic N) is 2. The lowest BCUT2D eigenvalue weighted by Gasteiger charge is -2.29. The van der Waals surface area contributed by atoms with Gasteiger partial charge < -0.3 is 35.8 Å². The molecule has 1 fully saturated rings. The normalized spacial score (nSPS) is 17.8. The fourth-order valence-electron chi connectivity index (χ4n) is 5.06. The average Bonchev–Trinajstić information content (AvgIpc) is 3.08. The van der Waals surface area contributed by atoms with Crippen molar-refractivity contribution in [3.63, 3.8) is 0 Å². The number of benzene rings is 2. The first-order valence-corrected chi connectivity index (χ1v) is 12.9. The van der Waals surface area contributed by atoms with E-state index in [0.717, 1.165) is 0 Å². The molecule has 0 spiro atoms. The van der Waals surface area contributed by atoms with Gasteiger partial charge in [-0.1, -0.05) is 0 Å². The maximum atomic E-state index is 13.0. The third kappa shape index (κ3) is 5.90. The van der Waals surface area contributed by atoms with Gasteiger partial charge in [-0.05, 0) is 56.0 Å². The van der Waals surface area contributed by atoms with Crippen LogP contribution in [0, 0.1) is 0 Å². The number of carbonyl (C=O) groups excluding carboxylic acids is 2. The van der Waals surface area contributed by atoms with Crippen LogP contribution in [0.25, 0.3) is 11.3 Å². The Bertz CT molecular complexity index is 1450. The lowest BCUT2D eigenvalue weighted by atomic mass is 9.91. The van der Waals surface area contributed by atoms with E-state index < -0.39 is 6.09 Å². The first-order valence-electron chi connectivity index (χ1n) is 12.9. The van der Waals surface area contributed by atoms with Crippen LogP contribution in [0.3, 0.4) is 0 Å². The highest BCUT2D eigenvalue weighted by Gasteiger charge is 2.26. The number of amides is 3. The molecule has 12 heteroatoms. The minimum Gasteiger partial charge on any atom is -0.493 e. The van der Waals surface area contributed by atoms with Crippen LogP contribution in [0.15, 0.2) is 42.6 Å². The van der Waals surface area contributed by atoms with Crippen LogP contribution in [0.1, 0.15) is 41.6 Å². The van der Waals surface area contributed by atoms with Gasteiger partial charge in [0.05, 0.1) is 32.0 Å². The molecule has 0 bridgehead atoms. The molecule has 2 aromatic carbocycles. The molecule has 0 unspecified atom stereocenters. The van der Waals surface area contributed by atoms with Gasteiger partial charge in [0.1, 0.15) is 0 Å². The van der Waals surface area contributed by atoms with Gasteiger partial charge in [0.15, 0.2) is 11.5 Å². The molecule has 1 aromatic heterocycles. The van der Waals surface area contributed by atoms with Crippen LogP contribution < -0.4 is 30.7 Å². The van der Waals surface area contributed by atoms with E-state index in [2.05, 4.69) is 26.3 Å². The zero-order valence-electron chi connectivity index (χ0n) is 22.1. The van der Waals surface area contributed by atoms with Crippen molar-refractivity contribution in [1.29, 1.82) is 0 Å². The van der Waals surface area contributed by atoms with Gasteiger partial charge in [-0.3, -0.25) is 9.59 Å². The topological polar surface area (TPSA) is 164 Å².